The topological polar surface area (TPSA) is 49.4 Å². The maximum absolute atomic E-state index is 12.8. The SMILES string of the molecule is O=C(Nc1cccc(C(F)(F)F)c1)C1CCC(C(=O)N2CCCCC2)CC1. The van der Waals surface area contributed by atoms with Crippen molar-refractivity contribution in [3.05, 3.63) is 29.8 Å². The molecular weight excluding hydrogens is 357 g/mol. The molecule has 2 amide bonds. The summed E-state index contributed by atoms with van der Waals surface area (Å²) in [5.74, 6) is -0.352. The van der Waals surface area contributed by atoms with Crippen LogP contribution in [-0.2, 0) is 15.8 Å². The van der Waals surface area contributed by atoms with Crippen molar-refractivity contribution in [3.63, 3.8) is 0 Å². The smallest absolute Gasteiger partial charge is 0.342 e. The molecule has 0 unspecified atom stereocenters. The lowest BCUT2D eigenvalue weighted by Gasteiger charge is -2.33. The molecule has 2 aliphatic rings. The number of anilines is 1. The fourth-order valence-corrected chi connectivity index (χ4v) is 3.99. The zero-order valence-electron chi connectivity index (χ0n) is 15.2. The molecule has 0 aromatic heterocycles. The lowest BCUT2D eigenvalue weighted by Crippen LogP contribution is -2.41. The van der Waals surface area contributed by atoms with Crippen molar-refractivity contribution in [2.45, 2.75) is 51.1 Å². The summed E-state index contributed by atoms with van der Waals surface area (Å²) in [6, 6.07) is 4.67. The summed E-state index contributed by atoms with van der Waals surface area (Å²) < 4.78 is 38.4. The van der Waals surface area contributed by atoms with Gasteiger partial charge in [0.05, 0.1) is 5.56 Å². The van der Waals surface area contributed by atoms with E-state index in [0.29, 0.717) is 25.7 Å². The summed E-state index contributed by atoms with van der Waals surface area (Å²) in [7, 11) is 0. The van der Waals surface area contributed by atoms with Gasteiger partial charge >= 0.3 is 6.18 Å². The number of alkyl halides is 3. The van der Waals surface area contributed by atoms with Crippen LogP contribution in [-0.4, -0.2) is 29.8 Å². The predicted octanol–water partition coefficient (Wildman–Crippen LogP) is 4.46. The Bertz CT molecular complexity index is 676. The molecule has 1 saturated heterocycles. The standard InChI is InChI=1S/C20H25F3N2O2/c21-20(22,23)16-5-4-6-17(13-16)24-18(26)14-7-9-15(10-8-14)19(27)25-11-2-1-3-12-25/h4-6,13-15H,1-3,7-12H2,(H,24,26). The van der Waals surface area contributed by atoms with Crippen molar-refractivity contribution in [1.29, 1.82) is 0 Å². The third-order valence-corrected chi connectivity index (χ3v) is 5.57. The van der Waals surface area contributed by atoms with E-state index in [0.717, 1.165) is 38.1 Å². The highest BCUT2D eigenvalue weighted by molar-refractivity contribution is 5.92. The number of amides is 2. The highest BCUT2D eigenvalue weighted by Crippen LogP contribution is 2.33. The van der Waals surface area contributed by atoms with E-state index in [1.54, 1.807) is 0 Å². The molecule has 0 atom stereocenters. The van der Waals surface area contributed by atoms with Crippen LogP contribution in [0.1, 0.15) is 50.5 Å². The van der Waals surface area contributed by atoms with E-state index in [1.165, 1.54) is 18.6 Å². The molecule has 0 radical (unpaired) electrons. The summed E-state index contributed by atoms with van der Waals surface area (Å²) >= 11 is 0. The van der Waals surface area contributed by atoms with Crippen LogP contribution in [0, 0.1) is 11.8 Å². The Balaban J connectivity index is 1.52. The highest BCUT2D eigenvalue weighted by atomic mass is 19.4. The van der Waals surface area contributed by atoms with Gasteiger partial charge in [0.2, 0.25) is 11.8 Å². The molecule has 1 aromatic rings. The molecule has 148 valence electrons. The molecule has 4 nitrogen and oxygen atoms in total. The Morgan fingerprint density at radius 2 is 1.59 bits per heavy atom. The first-order valence-corrected chi connectivity index (χ1v) is 9.61. The summed E-state index contributed by atoms with van der Waals surface area (Å²) in [5, 5.41) is 2.60. The Hall–Kier alpha value is -2.05. The van der Waals surface area contributed by atoms with Crippen molar-refractivity contribution in [2.75, 3.05) is 18.4 Å². The number of carbonyl (C=O) groups is 2. The normalized spacial score (nSPS) is 23.7. The minimum absolute atomic E-state index is 0.0271. The van der Waals surface area contributed by atoms with Crippen LogP contribution in [0.25, 0.3) is 0 Å². The molecule has 0 bridgehead atoms. The number of benzene rings is 1. The van der Waals surface area contributed by atoms with Gasteiger partial charge in [-0.1, -0.05) is 6.07 Å². The van der Waals surface area contributed by atoms with E-state index in [9.17, 15) is 22.8 Å². The molecule has 1 heterocycles. The molecule has 1 aromatic carbocycles. The van der Waals surface area contributed by atoms with Crippen LogP contribution in [0.2, 0.25) is 0 Å². The zero-order valence-corrected chi connectivity index (χ0v) is 15.2. The van der Waals surface area contributed by atoms with Gasteiger partial charge in [-0.25, -0.2) is 0 Å². The number of rotatable bonds is 3. The lowest BCUT2D eigenvalue weighted by atomic mass is 9.80. The molecular formula is C20H25F3N2O2. The van der Waals surface area contributed by atoms with Gasteiger partial charge in [0.15, 0.2) is 0 Å². The van der Waals surface area contributed by atoms with Crippen LogP contribution >= 0.6 is 0 Å². The average molecular weight is 382 g/mol. The number of halogens is 3. The van der Waals surface area contributed by atoms with Gasteiger partial charge in [-0.05, 0) is 63.1 Å². The van der Waals surface area contributed by atoms with Crippen molar-refractivity contribution < 1.29 is 22.8 Å². The first kappa shape index (κ1) is 19.7. The van der Waals surface area contributed by atoms with E-state index in [2.05, 4.69) is 5.32 Å². The third kappa shape index (κ3) is 5.02. The number of nitrogens with one attached hydrogen (secondary N) is 1. The van der Waals surface area contributed by atoms with Gasteiger partial charge in [0.1, 0.15) is 0 Å². The second kappa shape index (κ2) is 8.31. The number of hydrogen-bond acceptors (Lipinski definition) is 2. The van der Waals surface area contributed by atoms with E-state index in [-0.39, 0.29) is 29.3 Å². The van der Waals surface area contributed by atoms with Gasteiger partial charge < -0.3 is 10.2 Å². The predicted molar refractivity (Wildman–Crippen MR) is 96.0 cm³/mol. The first-order valence-electron chi connectivity index (χ1n) is 9.61. The van der Waals surface area contributed by atoms with Gasteiger partial charge in [-0.3, -0.25) is 9.59 Å². The second-order valence-electron chi connectivity index (χ2n) is 7.50. The maximum atomic E-state index is 12.8. The largest absolute Gasteiger partial charge is 0.416 e. The molecule has 27 heavy (non-hydrogen) atoms. The first-order chi connectivity index (χ1) is 12.8. The molecule has 1 saturated carbocycles. The summed E-state index contributed by atoms with van der Waals surface area (Å²) in [4.78, 5) is 26.9. The highest BCUT2D eigenvalue weighted by Gasteiger charge is 2.33. The number of carbonyl (C=O) groups excluding carboxylic acids is 2. The van der Waals surface area contributed by atoms with E-state index in [1.807, 2.05) is 4.90 Å². The number of piperidine rings is 1. The van der Waals surface area contributed by atoms with Crippen molar-refractivity contribution in [1.82, 2.24) is 4.90 Å². The molecule has 7 heteroatoms. The summed E-state index contributed by atoms with van der Waals surface area (Å²) in [5.41, 5.74) is -0.627. The maximum Gasteiger partial charge on any atom is 0.416 e. The van der Waals surface area contributed by atoms with Gasteiger partial charge in [0, 0.05) is 30.6 Å². The number of hydrogen-bond donors (Lipinski definition) is 1. The summed E-state index contributed by atoms with van der Waals surface area (Å²) in [6.07, 6.45) is 1.36. The van der Waals surface area contributed by atoms with Crippen LogP contribution in [0.15, 0.2) is 24.3 Å². The van der Waals surface area contributed by atoms with Gasteiger partial charge in [-0.2, -0.15) is 13.2 Å². The molecule has 1 aliphatic heterocycles. The molecule has 3 rings (SSSR count). The van der Waals surface area contributed by atoms with Crippen molar-refractivity contribution in [2.24, 2.45) is 11.8 Å². The Kier molecular flexibility index (Phi) is 6.07. The zero-order chi connectivity index (χ0) is 19.4. The summed E-state index contributed by atoms with van der Waals surface area (Å²) in [6.45, 7) is 1.66. The van der Waals surface area contributed by atoms with E-state index in [4.69, 9.17) is 0 Å². The Labute approximate surface area is 157 Å². The van der Waals surface area contributed by atoms with Gasteiger partial charge in [0.25, 0.3) is 0 Å². The van der Waals surface area contributed by atoms with Gasteiger partial charge in [-0.15, -0.1) is 0 Å². The molecule has 1 N–H and O–H groups in total. The quantitative estimate of drug-likeness (QED) is 0.839. The van der Waals surface area contributed by atoms with Crippen LogP contribution in [0.5, 0.6) is 0 Å². The monoisotopic (exact) mass is 382 g/mol. The van der Waals surface area contributed by atoms with Crippen LogP contribution in [0.4, 0.5) is 18.9 Å². The second-order valence-corrected chi connectivity index (χ2v) is 7.50. The minimum Gasteiger partial charge on any atom is -0.342 e. The fourth-order valence-electron chi connectivity index (χ4n) is 3.99. The number of nitrogens with zero attached hydrogens (tertiary/aromatic N) is 1. The minimum atomic E-state index is -4.44. The van der Waals surface area contributed by atoms with Crippen molar-refractivity contribution in [3.8, 4) is 0 Å². The Morgan fingerprint density at radius 3 is 2.22 bits per heavy atom. The van der Waals surface area contributed by atoms with E-state index < -0.39 is 11.7 Å². The molecule has 0 spiro atoms. The van der Waals surface area contributed by atoms with Crippen molar-refractivity contribution >= 4 is 17.5 Å². The molecule has 1 aliphatic carbocycles. The third-order valence-electron chi connectivity index (χ3n) is 5.57. The molecule has 2 fully saturated rings. The van der Waals surface area contributed by atoms with E-state index >= 15 is 0 Å². The number of likely N-dealkylation sites (tertiary alicyclic amines) is 1. The average Bonchev–Trinajstić information content (AvgIpc) is 2.68. The fraction of sp³-hybridized carbons (Fsp3) is 0.600. The van der Waals surface area contributed by atoms with Crippen LogP contribution in [0.3, 0.4) is 0 Å². The Morgan fingerprint density at radius 1 is 0.963 bits per heavy atom. The van der Waals surface area contributed by atoms with Crippen LogP contribution < -0.4 is 5.32 Å². The lowest BCUT2D eigenvalue weighted by molar-refractivity contribution is -0.138.